The lowest BCUT2D eigenvalue weighted by Crippen LogP contribution is -2.25. The summed E-state index contributed by atoms with van der Waals surface area (Å²) in [6, 6.07) is 8.06. The molecule has 0 radical (unpaired) electrons. The molecular weight excluding hydrogens is 328 g/mol. The Labute approximate surface area is 158 Å². The van der Waals surface area contributed by atoms with Gasteiger partial charge in [0, 0.05) is 6.08 Å². The van der Waals surface area contributed by atoms with Crippen LogP contribution in [0.1, 0.15) is 59.4 Å². The van der Waals surface area contributed by atoms with Crippen molar-refractivity contribution in [2.45, 2.75) is 60.0 Å². The van der Waals surface area contributed by atoms with Crippen LogP contribution in [-0.4, -0.2) is 30.4 Å². The van der Waals surface area contributed by atoms with Crippen LogP contribution in [0.15, 0.2) is 36.9 Å². The number of rotatable bonds is 8. The summed E-state index contributed by atoms with van der Waals surface area (Å²) in [5, 5.41) is 9.80. The van der Waals surface area contributed by atoms with Crippen LogP contribution in [-0.2, 0) is 9.53 Å². The Morgan fingerprint density at radius 1 is 1.12 bits per heavy atom. The molecule has 1 aromatic carbocycles. The number of aliphatic hydroxyl groups is 1. The second-order valence-electron chi connectivity index (χ2n) is 9.05. The van der Waals surface area contributed by atoms with Crippen LogP contribution in [0, 0.1) is 10.8 Å². The molecule has 4 heteroatoms. The summed E-state index contributed by atoms with van der Waals surface area (Å²) in [5.41, 5.74) is 1.71. The van der Waals surface area contributed by atoms with Crippen molar-refractivity contribution in [3.05, 3.63) is 42.5 Å². The van der Waals surface area contributed by atoms with Crippen molar-refractivity contribution < 1.29 is 19.4 Å². The van der Waals surface area contributed by atoms with Gasteiger partial charge >= 0.3 is 5.97 Å². The van der Waals surface area contributed by atoms with Crippen molar-refractivity contribution in [3.63, 3.8) is 0 Å². The number of carbonyl (C=O) groups is 1. The van der Waals surface area contributed by atoms with Gasteiger partial charge < -0.3 is 14.6 Å². The molecule has 0 aliphatic rings. The number of benzene rings is 1. The number of ether oxygens (including phenoxy) is 2. The van der Waals surface area contributed by atoms with Crippen LogP contribution in [0.3, 0.4) is 0 Å². The summed E-state index contributed by atoms with van der Waals surface area (Å²) < 4.78 is 10.4. The monoisotopic (exact) mass is 362 g/mol. The van der Waals surface area contributed by atoms with Crippen molar-refractivity contribution in [1.82, 2.24) is 0 Å². The molecule has 0 bridgehead atoms. The quantitative estimate of drug-likeness (QED) is 0.537. The van der Waals surface area contributed by atoms with Crippen molar-refractivity contribution in [1.29, 1.82) is 0 Å². The lowest BCUT2D eigenvalue weighted by molar-refractivity contribution is -0.141. The zero-order valence-electron chi connectivity index (χ0n) is 17.0. The Morgan fingerprint density at radius 2 is 1.69 bits per heavy atom. The first kappa shape index (κ1) is 22.2. The van der Waals surface area contributed by atoms with Crippen molar-refractivity contribution in [2.24, 2.45) is 10.8 Å². The first-order valence-corrected chi connectivity index (χ1v) is 9.12. The predicted octanol–water partition coefficient (Wildman–Crippen LogP) is 4.72. The number of hydrogen-bond donors (Lipinski definition) is 1. The van der Waals surface area contributed by atoms with E-state index >= 15 is 0 Å². The van der Waals surface area contributed by atoms with E-state index in [9.17, 15) is 9.90 Å². The number of carbonyl (C=O) groups excluding carboxylic acids is 1. The van der Waals surface area contributed by atoms with Gasteiger partial charge in [-0.3, -0.25) is 0 Å². The average molecular weight is 363 g/mol. The first-order chi connectivity index (χ1) is 11.9. The van der Waals surface area contributed by atoms with E-state index in [-0.39, 0.29) is 24.0 Å². The second kappa shape index (κ2) is 9.22. The lowest BCUT2D eigenvalue weighted by Gasteiger charge is -2.36. The van der Waals surface area contributed by atoms with Gasteiger partial charge in [-0.05, 0) is 40.9 Å². The molecule has 0 aliphatic heterocycles. The van der Waals surface area contributed by atoms with E-state index in [2.05, 4.69) is 60.3 Å². The van der Waals surface area contributed by atoms with Crippen LogP contribution in [0.5, 0.6) is 5.75 Å². The van der Waals surface area contributed by atoms with Crippen molar-refractivity contribution in [3.8, 4) is 5.75 Å². The molecule has 0 saturated carbocycles. The van der Waals surface area contributed by atoms with Crippen LogP contribution in [0.4, 0.5) is 0 Å². The van der Waals surface area contributed by atoms with Gasteiger partial charge in [-0.15, -0.1) is 0 Å². The minimum atomic E-state index is -0.873. The van der Waals surface area contributed by atoms with Gasteiger partial charge in [0.1, 0.15) is 25.1 Å². The highest BCUT2D eigenvalue weighted by atomic mass is 16.5. The van der Waals surface area contributed by atoms with Gasteiger partial charge in [0.15, 0.2) is 0 Å². The minimum absolute atomic E-state index is 0.0639. The fourth-order valence-electron chi connectivity index (χ4n) is 2.81. The zero-order chi connectivity index (χ0) is 20.0. The average Bonchev–Trinajstić information content (AvgIpc) is 2.54. The molecule has 0 aromatic heterocycles. The maximum absolute atomic E-state index is 11.0. The fourth-order valence-corrected chi connectivity index (χ4v) is 2.81. The molecule has 0 fully saturated rings. The molecule has 26 heavy (non-hydrogen) atoms. The Balaban J connectivity index is 2.68. The van der Waals surface area contributed by atoms with Gasteiger partial charge in [-0.2, -0.15) is 0 Å². The molecule has 2 unspecified atom stereocenters. The van der Waals surface area contributed by atoms with E-state index in [1.807, 2.05) is 12.1 Å². The molecular formula is C22H34O4. The molecule has 0 heterocycles. The maximum atomic E-state index is 11.0. The van der Waals surface area contributed by atoms with Crippen molar-refractivity contribution in [2.75, 3.05) is 13.2 Å². The SMILES string of the molecule is C=CC(=O)OCC(O)COc1ccc(C(CC(C)(C)C)C(C)(C)C)cc1. The molecule has 146 valence electrons. The molecule has 2 atom stereocenters. The molecule has 0 spiro atoms. The smallest absolute Gasteiger partial charge is 0.330 e. The highest BCUT2D eigenvalue weighted by Crippen LogP contribution is 2.43. The number of hydrogen-bond acceptors (Lipinski definition) is 4. The Morgan fingerprint density at radius 3 is 2.15 bits per heavy atom. The highest BCUT2D eigenvalue weighted by molar-refractivity contribution is 5.81. The van der Waals surface area contributed by atoms with Gasteiger partial charge in [-0.1, -0.05) is 60.3 Å². The summed E-state index contributed by atoms with van der Waals surface area (Å²) >= 11 is 0. The fraction of sp³-hybridized carbons (Fsp3) is 0.591. The van der Waals surface area contributed by atoms with Gasteiger partial charge in [0.2, 0.25) is 0 Å². The number of esters is 1. The Hall–Kier alpha value is -1.81. The predicted molar refractivity (Wildman–Crippen MR) is 105 cm³/mol. The largest absolute Gasteiger partial charge is 0.491 e. The van der Waals surface area contributed by atoms with E-state index in [1.54, 1.807) is 0 Å². The standard InChI is InChI=1S/C22H34O4/c1-8-20(24)26-15-17(23)14-25-18-11-9-16(10-12-18)19(22(5,6)7)13-21(2,3)4/h8-12,17,19,23H,1,13-15H2,2-7H3. The van der Waals surface area contributed by atoms with Gasteiger partial charge in [-0.25, -0.2) is 4.79 Å². The summed E-state index contributed by atoms with van der Waals surface area (Å²) in [7, 11) is 0. The molecule has 0 amide bonds. The maximum Gasteiger partial charge on any atom is 0.330 e. The molecule has 1 rings (SSSR count). The second-order valence-corrected chi connectivity index (χ2v) is 9.05. The Bertz CT molecular complexity index is 576. The third-order valence-electron chi connectivity index (χ3n) is 4.17. The van der Waals surface area contributed by atoms with Gasteiger partial charge in [0.25, 0.3) is 0 Å². The normalized spacial score (nSPS) is 14.4. The molecule has 1 aromatic rings. The highest BCUT2D eigenvalue weighted by Gasteiger charge is 2.30. The van der Waals surface area contributed by atoms with E-state index in [0.717, 1.165) is 12.5 Å². The molecule has 4 nitrogen and oxygen atoms in total. The van der Waals surface area contributed by atoms with E-state index in [0.29, 0.717) is 11.7 Å². The summed E-state index contributed by atoms with van der Waals surface area (Å²) in [5.74, 6) is 0.576. The minimum Gasteiger partial charge on any atom is -0.491 e. The van der Waals surface area contributed by atoms with E-state index in [4.69, 9.17) is 9.47 Å². The van der Waals surface area contributed by atoms with Crippen LogP contribution >= 0.6 is 0 Å². The molecule has 1 N–H and O–H groups in total. The van der Waals surface area contributed by atoms with E-state index < -0.39 is 12.1 Å². The van der Waals surface area contributed by atoms with Crippen molar-refractivity contribution >= 4 is 5.97 Å². The third-order valence-corrected chi connectivity index (χ3v) is 4.17. The van der Waals surface area contributed by atoms with Crippen LogP contribution in [0.2, 0.25) is 0 Å². The molecule has 0 saturated heterocycles. The Kier molecular flexibility index (Phi) is 7.88. The summed E-state index contributed by atoms with van der Waals surface area (Å²) in [6.07, 6.45) is 1.29. The third kappa shape index (κ3) is 8.05. The summed E-state index contributed by atoms with van der Waals surface area (Å²) in [6.45, 7) is 16.9. The van der Waals surface area contributed by atoms with Crippen LogP contribution < -0.4 is 4.74 Å². The van der Waals surface area contributed by atoms with Crippen LogP contribution in [0.25, 0.3) is 0 Å². The van der Waals surface area contributed by atoms with E-state index in [1.165, 1.54) is 5.56 Å². The zero-order valence-corrected chi connectivity index (χ0v) is 17.0. The van der Waals surface area contributed by atoms with Gasteiger partial charge in [0.05, 0.1) is 0 Å². The lowest BCUT2D eigenvalue weighted by atomic mass is 9.69. The first-order valence-electron chi connectivity index (χ1n) is 9.12. The molecule has 0 aliphatic carbocycles. The topological polar surface area (TPSA) is 55.8 Å². The number of aliphatic hydroxyl groups excluding tert-OH is 1. The summed E-state index contributed by atoms with van der Waals surface area (Å²) in [4.78, 5) is 11.0.